The highest BCUT2D eigenvalue weighted by atomic mass is 28.3. The summed E-state index contributed by atoms with van der Waals surface area (Å²) in [4.78, 5) is 0. The lowest BCUT2D eigenvalue weighted by Crippen LogP contribution is -2.48. The highest BCUT2D eigenvalue weighted by Crippen LogP contribution is 2.60. The third-order valence-electron chi connectivity index (χ3n) is 12.6. The van der Waals surface area contributed by atoms with Gasteiger partial charge in [0.1, 0.15) is 8.07 Å². The van der Waals surface area contributed by atoms with Gasteiger partial charge in [-0.2, -0.15) is 0 Å². The van der Waals surface area contributed by atoms with Crippen LogP contribution in [-0.4, -0.2) is 8.07 Å². The van der Waals surface area contributed by atoms with Crippen LogP contribution in [0.5, 0.6) is 0 Å². The third kappa shape index (κ3) is 5.34. The molecule has 47 heavy (non-hydrogen) atoms. The molecule has 0 amide bonds. The summed E-state index contributed by atoms with van der Waals surface area (Å²) in [7, 11) is -2.03. The Bertz CT molecular complexity index is 1680. The molecule has 0 aliphatic heterocycles. The number of fused-ring (bicyclic) bond motifs is 2. The molecular weight excluding hydrogens is 581 g/mol. The van der Waals surface area contributed by atoms with Crippen molar-refractivity contribution >= 4 is 20.2 Å². The third-order valence-corrected chi connectivity index (χ3v) is 19.1. The maximum atomic E-state index is 2.78. The molecule has 0 atom stereocenters. The fourth-order valence-electron chi connectivity index (χ4n) is 10.2. The van der Waals surface area contributed by atoms with Crippen molar-refractivity contribution in [3.63, 3.8) is 0 Å². The van der Waals surface area contributed by atoms with Crippen molar-refractivity contribution in [1.29, 1.82) is 0 Å². The summed E-state index contributed by atoms with van der Waals surface area (Å²) in [5.41, 5.74) is 16.4. The summed E-state index contributed by atoms with van der Waals surface area (Å²) in [6, 6.07) is 33.2. The maximum Gasteiger partial charge on any atom is 0.115 e. The lowest BCUT2D eigenvalue weighted by molar-refractivity contribution is 0.749. The first-order valence-electron chi connectivity index (χ1n) is 18.8. The average molecular weight is 633 g/mol. The molecule has 0 nitrogen and oxygen atoms in total. The zero-order chi connectivity index (χ0) is 32.1. The van der Waals surface area contributed by atoms with Crippen LogP contribution in [0.25, 0.3) is 34.4 Å². The fraction of sp³-hybridized carbons (Fsp3) is 0.391. The Morgan fingerprint density at radius 2 is 0.872 bits per heavy atom. The van der Waals surface area contributed by atoms with E-state index in [1.54, 1.807) is 11.1 Å². The first-order valence-corrected chi connectivity index (χ1v) is 21.0. The van der Waals surface area contributed by atoms with E-state index in [0.717, 1.165) is 11.1 Å². The van der Waals surface area contributed by atoms with Crippen LogP contribution in [0.2, 0.25) is 11.1 Å². The highest BCUT2D eigenvalue weighted by molar-refractivity contribution is 6.96. The quantitative estimate of drug-likeness (QED) is 0.170. The van der Waals surface area contributed by atoms with Crippen molar-refractivity contribution in [2.24, 2.45) is 0 Å². The molecule has 0 saturated heterocycles. The van der Waals surface area contributed by atoms with Gasteiger partial charge in [0.05, 0.1) is 0 Å². The summed E-state index contributed by atoms with van der Waals surface area (Å²) in [6.45, 7) is 9.17. The molecule has 0 N–H and O–H groups in total. The molecule has 0 aromatic heterocycles. The second-order valence-electron chi connectivity index (χ2n) is 15.8. The zero-order valence-electron chi connectivity index (χ0n) is 29.1. The minimum absolute atomic E-state index is 0.560. The Labute approximate surface area is 285 Å². The topological polar surface area (TPSA) is 0 Å². The molecule has 240 valence electrons. The van der Waals surface area contributed by atoms with Crippen LogP contribution in [0.15, 0.2) is 95.3 Å². The Balaban J connectivity index is 1.26. The minimum Gasteiger partial charge on any atom is -0.0704 e. The van der Waals surface area contributed by atoms with Gasteiger partial charge in [-0.05, 0) is 91.4 Å². The van der Waals surface area contributed by atoms with Gasteiger partial charge in [0.2, 0.25) is 0 Å². The lowest BCUT2D eigenvalue weighted by atomic mass is 9.94. The molecule has 0 spiro atoms. The summed E-state index contributed by atoms with van der Waals surface area (Å²) in [5, 5.41) is 3.75. The van der Waals surface area contributed by atoms with Crippen molar-refractivity contribution in [3.05, 3.63) is 129 Å². The van der Waals surface area contributed by atoms with E-state index in [9.17, 15) is 0 Å². The average Bonchev–Trinajstić information content (AvgIpc) is 3.93. The van der Waals surface area contributed by atoms with Crippen LogP contribution >= 0.6 is 0 Å². The molecular formula is C46H52Si. The molecule has 1 heteroatoms. The van der Waals surface area contributed by atoms with Gasteiger partial charge in [0, 0.05) is 0 Å². The molecule has 4 aliphatic carbocycles. The SMILES string of the molecule is CC(C)c1ccc(-c2cccc3c2C=C([Si](C2=Cc4c(cccc4-c4ccc(C(C)C)cc4)C2)(C2CCCC2)C2CCCC2)C3)cc1. The second kappa shape index (κ2) is 12.6. The number of benzene rings is 4. The van der Waals surface area contributed by atoms with Crippen molar-refractivity contribution in [1.82, 2.24) is 0 Å². The van der Waals surface area contributed by atoms with Gasteiger partial charge in [-0.3, -0.25) is 0 Å². The Hall–Kier alpha value is -3.42. The molecule has 4 aliphatic rings. The van der Waals surface area contributed by atoms with Crippen LogP contribution in [0, 0.1) is 0 Å². The number of hydrogen-bond donors (Lipinski definition) is 0. The zero-order valence-corrected chi connectivity index (χ0v) is 30.1. The second-order valence-corrected chi connectivity index (χ2v) is 20.5. The van der Waals surface area contributed by atoms with E-state index < -0.39 is 8.07 Å². The monoisotopic (exact) mass is 632 g/mol. The van der Waals surface area contributed by atoms with Crippen molar-refractivity contribution in [3.8, 4) is 22.3 Å². The van der Waals surface area contributed by atoms with Crippen LogP contribution < -0.4 is 0 Å². The van der Waals surface area contributed by atoms with Crippen LogP contribution in [0.4, 0.5) is 0 Å². The Kier molecular flexibility index (Phi) is 8.25. The largest absolute Gasteiger partial charge is 0.115 e. The van der Waals surface area contributed by atoms with Gasteiger partial charge in [-0.25, -0.2) is 0 Å². The van der Waals surface area contributed by atoms with Gasteiger partial charge in [0.15, 0.2) is 0 Å². The van der Waals surface area contributed by atoms with Crippen LogP contribution in [0.3, 0.4) is 0 Å². The first-order chi connectivity index (χ1) is 22.9. The molecule has 8 rings (SSSR count). The summed E-state index contributed by atoms with van der Waals surface area (Å²) < 4.78 is 0. The van der Waals surface area contributed by atoms with E-state index in [1.165, 1.54) is 109 Å². The highest BCUT2D eigenvalue weighted by Gasteiger charge is 2.55. The predicted octanol–water partition coefficient (Wildman–Crippen LogP) is 13.3. The molecule has 0 radical (unpaired) electrons. The minimum atomic E-state index is -2.03. The Morgan fingerprint density at radius 3 is 1.23 bits per heavy atom. The molecule has 2 saturated carbocycles. The molecule has 0 heterocycles. The van der Waals surface area contributed by atoms with E-state index in [1.807, 2.05) is 10.4 Å². The van der Waals surface area contributed by atoms with Gasteiger partial charge in [-0.15, -0.1) is 0 Å². The molecule has 0 unspecified atom stereocenters. The van der Waals surface area contributed by atoms with E-state index >= 15 is 0 Å². The molecule has 0 bridgehead atoms. The summed E-state index contributed by atoms with van der Waals surface area (Å²) in [6.07, 6.45) is 19.4. The van der Waals surface area contributed by atoms with Gasteiger partial charge < -0.3 is 0 Å². The van der Waals surface area contributed by atoms with Gasteiger partial charge in [0.25, 0.3) is 0 Å². The summed E-state index contributed by atoms with van der Waals surface area (Å²) in [5.74, 6) is 1.12. The normalized spacial score (nSPS) is 18.3. The van der Waals surface area contributed by atoms with E-state index in [0.29, 0.717) is 11.8 Å². The lowest BCUT2D eigenvalue weighted by Gasteiger charge is -2.45. The number of allylic oxidation sites excluding steroid dienone is 2. The molecule has 4 aromatic carbocycles. The first kappa shape index (κ1) is 30.9. The van der Waals surface area contributed by atoms with Crippen LogP contribution in [-0.2, 0) is 12.8 Å². The standard InChI is InChI=1S/C46H52Si/c1-31(2)33-19-23-35(24-20-33)43-17-9-11-37-27-41(29-45(37)43)47(39-13-5-6-14-39,40-15-7-8-16-40)42-28-38-12-10-18-44(46(38)30-42)36-25-21-34(22-26-36)32(3)4/h9-12,17-26,29-32,39-40H,5-8,13-16,27-28H2,1-4H3. The van der Waals surface area contributed by atoms with Gasteiger partial charge >= 0.3 is 0 Å². The smallest absolute Gasteiger partial charge is 0.0704 e. The number of rotatable bonds is 8. The maximum absolute atomic E-state index is 2.78. The summed E-state index contributed by atoms with van der Waals surface area (Å²) >= 11 is 0. The number of hydrogen-bond acceptors (Lipinski definition) is 0. The van der Waals surface area contributed by atoms with Crippen molar-refractivity contribution in [2.75, 3.05) is 0 Å². The van der Waals surface area contributed by atoms with Crippen LogP contribution in [0.1, 0.15) is 124 Å². The van der Waals surface area contributed by atoms with Crippen molar-refractivity contribution < 1.29 is 0 Å². The molecule has 2 fully saturated rings. The predicted molar refractivity (Wildman–Crippen MR) is 205 cm³/mol. The van der Waals surface area contributed by atoms with Crippen molar-refractivity contribution in [2.45, 2.75) is 115 Å². The van der Waals surface area contributed by atoms with E-state index in [4.69, 9.17) is 0 Å². The Morgan fingerprint density at radius 1 is 0.489 bits per heavy atom. The molecule has 4 aromatic rings. The van der Waals surface area contributed by atoms with E-state index in [-0.39, 0.29) is 0 Å². The fourth-order valence-corrected chi connectivity index (χ4v) is 17.8. The van der Waals surface area contributed by atoms with Gasteiger partial charge in [-0.1, -0.05) is 187 Å². The van der Waals surface area contributed by atoms with E-state index in [2.05, 4.69) is 125 Å².